The lowest BCUT2D eigenvalue weighted by atomic mass is 10.3. The number of benzene rings is 2. The highest BCUT2D eigenvalue weighted by atomic mass is 35.5. The molecule has 2 aromatic carbocycles. The lowest BCUT2D eigenvalue weighted by Gasteiger charge is -2.22. The van der Waals surface area contributed by atoms with Crippen LogP contribution in [0.3, 0.4) is 0 Å². The van der Waals surface area contributed by atoms with Crippen molar-refractivity contribution >= 4 is 62.4 Å². The first kappa shape index (κ1) is 26.0. The Labute approximate surface area is 200 Å². The van der Waals surface area contributed by atoms with Crippen LogP contribution in [0.25, 0.3) is 10.2 Å². The molecule has 0 atom stereocenters. The molecule has 0 radical (unpaired) electrons. The number of likely N-dealkylation sites (N-methyl/N-ethyl adjacent to an activating group) is 1. The van der Waals surface area contributed by atoms with E-state index in [0.717, 1.165) is 10.6 Å². The van der Waals surface area contributed by atoms with Gasteiger partial charge in [-0.1, -0.05) is 11.3 Å². The number of nitro benzene ring substituents is 1. The summed E-state index contributed by atoms with van der Waals surface area (Å²) in [5.74, 6) is 0.442. The molecule has 1 heterocycles. The van der Waals surface area contributed by atoms with Crippen LogP contribution in [0.2, 0.25) is 0 Å². The number of anilines is 1. The number of nitrogens with zero attached hydrogens (tertiary/aromatic N) is 4. The van der Waals surface area contributed by atoms with E-state index in [1.54, 1.807) is 34.9 Å². The van der Waals surface area contributed by atoms with E-state index in [2.05, 4.69) is 4.98 Å². The number of non-ortho nitro benzene ring substituents is 1. The molecule has 11 heteroatoms. The number of carbonyl (C=O) groups excluding carboxylic acids is 1. The van der Waals surface area contributed by atoms with E-state index in [-0.39, 0.29) is 29.8 Å². The Kier molecular flexibility index (Phi) is 9.83. The normalized spacial score (nSPS) is 10.9. The molecule has 0 saturated carbocycles. The number of thiazole rings is 1. The highest BCUT2D eigenvalue weighted by molar-refractivity contribution is 7.99. The van der Waals surface area contributed by atoms with E-state index in [1.165, 1.54) is 35.6 Å². The van der Waals surface area contributed by atoms with E-state index < -0.39 is 4.92 Å². The summed E-state index contributed by atoms with van der Waals surface area (Å²) in [7, 11) is 3.87. The maximum Gasteiger partial charge on any atom is 0.270 e. The number of amides is 1. The summed E-state index contributed by atoms with van der Waals surface area (Å²) >= 11 is 2.87. The van der Waals surface area contributed by atoms with Crippen molar-refractivity contribution in [2.75, 3.05) is 37.8 Å². The fraction of sp³-hybridized carbons (Fsp3) is 0.333. The quantitative estimate of drug-likeness (QED) is 0.165. The molecule has 7 nitrogen and oxygen atoms in total. The number of fused-ring (bicyclic) bond motifs is 1. The molecule has 32 heavy (non-hydrogen) atoms. The number of hydrogen-bond acceptors (Lipinski definition) is 7. The van der Waals surface area contributed by atoms with Crippen LogP contribution in [0.15, 0.2) is 47.4 Å². The maximum absolute atomic E-state index is 13.0. The van der Waals surface area contributed by atoms with E-state index >= 15 is 0 Å². The first-order chi connectivity index (χ1) is 14.8. The smallest absolute Gasteiger partial charge is 0.270 e. The van der Waals surface area contributed by atoms with E-state index in [0.29, 0.717) is 41.3 Å². The molecule has 0 saturated heterocycles. The molecule has 0 aliphatic rings. The molecular formula is C21H24ClFN4O3S2. The van der Waals surface area contributed by atoms with Crippen molar-refractivity contribution in [2.24, 2.45) is 0 Å². The summed E-state index contributed by atoms with van der Waals surface area (Å²) < 4.78 is 13.7. The molecule has 3 aromatic rings. The predicted molar refractivity (Wildman–Crippen MR) is 131 cm³/mol. The van der Waals surface area contributed by atoms with Crippen LogP contribution in [0.4, 0.5) is 15.2 Å². The van der Waals surface area contributed by atoms with Crippen LogP contribution in [0.5, 0.6) is 0 Å². The third-order valence-electron chi connectivity index (χ3n) is 4.49. The molecule has 0 spiro atoms. The zero-order valence-corrected chi connectivity index (χ0v) is 20.1. The standard InChI is InChI=1S/C21H23FN4O3S2.ClH/c1-24(2)11-12-25(20(27)4-3-13-30-17-8-5-15(22)6-9-17)21-23-18-10-7-16(26(28)29)14-19(18)31-21;/h5-10,14H,3-4,11-13H2,1-2H3;1H. The molecule has 0 unspecified atom stereocenters. The molecule has 0 aliphatic heterocycles. The van der Waals surface area contributed by atoms with Crippen molar-refractivity contribution in [3.05, 3.63) is 58.4 Å². The molecule has 0 fully saturated rings. The lowest BCUT2D eigenvalue weighted by molar-refractivity contribution is -0.384. The summed E-state index contributed by atoms with van der Waals surface area (Å²) in [5.41, 5.74) is 0.645. The minimum absolute atomic E-state index is 0. The van der Waals surface area contributed by atoms with Crippen molar-refractivity contribution < 1.29 is 14.1 Å². The third kappa shape index (κ3) is 7.13. The first-order valence-electron chi connectivity index (χ1n) is 9.72. The Bertz CT molecular complexity index is 1060. The average Bonchev–Trinajstić information content (AvgIpc) is 3.15. The summed E-state index contributed by atoms with van der Waals surface area (Å²) in [4.78, 5) is 32.7. The van der Waals surface area contributed by atoms with Crippen molar-refractivity contribution in [1.29, 1.82) is 0 Å². The van der Waals surface area contributed by atoms with Crippen LogP contribution < -0.4 is 4.90 Å². The first-order valence-corrected chi connectivity index (χ1v) is 11.5. The molecule has 3 rings (SSSR count). The topological polar surface area (TPSA) is 79.6 Å². The average molecular weight is 499 g/mol. The minimum atomic E-state index is -0.438. The Morgan fingerprint density at radius 3 is 2.56 bits per heavy atom. The van der Waals surface area contributed by atoms with Crippen LogP contribution in [-0.4, -0.2) is 53.7 Å². The summed E-state index contributed by atoms with van der Waals surface area (Å²) in [6, 6.07) is 10.8. The second kappa shape index (κ2) is 12.1. The summed E-state index contributed by atoms with van der Waals surface area (Å²) in [5, 5.41) is 11.6. The molecule has 1 aromatic heterocycles. The number of halogens is 2. The minimum Gasteiger partial charge on any atom is -0.308 e. The highest BCUT2D eigenvalue weighted by Crippen LogP contribution is 2.32. The Balaban J connectivity index is 0.00000363. The number of aromatic nitrogens is 1. The Morgan fingerprint density at radius 2 is 1.91 bits per heavy atom. The van der Waals surface area contributed by atoms with Gasteiger partial charge in [0.2, 0.25) is 5.91 Å². The Hall–Kier alpha value is -2.27. The van der Waals surface area contributed by atoms with Gasteiger partial charge in [0.1, 0.15) is 5.82 Å². The molecule has 0 aliphatic carbocycles. The van der Waals surface area contributed by atoms with Gasteiger partial charge in [-0.3, -0.25) is 19.8 Å². The van der Waals surface area contributed by atoms with Crippen LogP contribution in [0.1, 0.15) is 12.8 Å². The molecular weight excluding hydrogens is 475 g/mol. The summed E-state index contributed by atoms with van der Waals surface area (Å²) in [6.45, 7) is 1.16. The van der Waals surface area contributed by atoms with Gasteiger partial charge >= 0.3 is 0 Å². The Morgan fingerprint density at radius 1 is 1.19 bits per heavy atom. The number of carbonyl (C=O) groups is 1. The fourth-order valence-electron chi connectivity index (χ4n) is 2.84. The van der Waals surface area contributed by atoms with Gasteiger partial charge in [0.05, 0.1) is 15.1 Å². The van der Waals surface area contributed by atoms with Gasteiger partial charge in [-0.25, -0.2) is 9.37 Å². The van der Waals surface area contributed by atoms with Gasteiger partial charge < -0.3 is 4.90 Å². The number of thioether (sulfide) groups is 1. The van der Waals surface area contributed by atoms with Gasteiger partial charge in [-0.2, -0.15) is 0 Å². The number of hydrogen-bond donors (Lipinski definition) is 0. The molecule has 172 valence electrons. The van der Waals surface area contributed by atoms with Gasteiger partial charge in [0.25, 0.3) is 5.69 Å². The van der Waals surface area contributed by atoms with Crippen LogP contribution in [-0.2, 0) is 4.79 Å². The SMILES string of the molecule is CN(C)CCN(C(=O)CCCSc1ccc(F)cc1)c1nc2ccc([N+](=O)[O-])cc2s1.Cl. The second-order valence-corrected chi connectivity index (χ2v) is 9.34. The van der Waals surface area contributed by atoms with Crippen molar-refractivity contribution in [2.45, 2.75) is 17.7 Å². The molecule has 1 amide bonds. The van der Waals surface area contributed by atoms with Gasteiger partial charge in [0.15, 0.2) is 5.13 Å². The van der Waals surface area contributed by atoms with Gasteiger partial charge in [0, 0.05) is 36.5 Å². The highest BCUT2D eigenvalue weighted by Gasteiger charge is 2.20. The predicted octanol–water partition coefficient (Wildman–Crippen LogP) is 5.23. The van der Waals surface area contributed by atoms with E-state index in [1.807, 2.05) is 19.0 Å². The van der Waals surface area contributed by atoms with Crippen LogP contribution in [0, 0.1) is 15.9 Å². The van der Waals surface area contributed by atoms with E-state index in [4.69, 9.17) is 0 Å². The molecule has 0 bridgehead atoms. The van der Waals surface area contributed by atoms with E-state index in [9.17, 15) is 19.3 Å². The van der Waals surface area contributed by atoms with Gasteiger partial charge in [-0.05, 0) is 56.6 Å². The van der Waals surface area contributed by atoms with Crippen molar-refractivity contribution in [3.63, 3.8) is 0 Å². The number of nitro groups is 1. The van der Waals surface area contributed by atoms with Gasteiger partial charge in [-0.15, -0.1) is 24.2 Å². The molecule has 0 N–H and O–H groups in total. The van der Waals surface area contributed by atoms with Crippen LogP contribution >= 0.6 is 35.5 Å². The fourth-order valence-corrected chi connectivity index (χ4v) is 4.73. The van der Waals surface area contributed by atoms with Crippen molar-refractivity contribution in [1.82, 2.24) is 9.88 Å². The lowest BCUT2D eigenvalue weighted by Crippen LogP contribution is -2.36. The monoisotopic (exact) mass is 498 g/mol. The maximum atomic E-state index is 13.0. The third-order valence-corrected chi connectivity index (χ3v) is 6.63. The second-order valence-electron chi connectivity index (χ2n) is 7.16. The zero-order valence-electron chi connectivity index (χ0n) is 17.7. The largest absolute Gasteiger partial charge is 0.308 e. The zero-order chi connectivity index (χ0) is 22.4. The summed E-state index contributed by atoms with van der Waals surface area (Å²) in [6.07, 6.45) is 1.04. The number of rotatable bonds is 10. The van der Waals surface area contributed by atoms with Crippen molar-refractivity contribution in [3.8, 4) is 0 Å².